The van der Waals surface area contributed by atoms with Gasteiger partial charge in [-0.3, -0.25) is 4.79 Å². The Labute approximate surface area is 83.6 Å². The van der Waals surface area contributed by atoms with E-state index in [1.165, 1.54) is 6.92 Å². The summed E-state index contributed by atoms with van der Waals surface area (Å²) in [7, 11) is 0. The largest absolute Gasteiger partial charge is 0.508 e. The fraction of sp³-hybridized carbons (Fsp3) is 0.364. The molecule has 0 heterocycles. The number of ketones is 1. The van der Waals surface area contributed by atoms with E-state index >= 15 is 0 Å². The number of aromatic hydroxyl groups is 1. The topological polar surface area (TPSA) is 63.3 Å². The molecule has 1 rings (SSSR count). The van der Waals surface area contributed by atoms with E-state index in [0.29, 0.717) is 6.54 Å². The molecule has 3 nitrogen and oxygen atoms in total. The minimum Gasteiger partial charge on any atom is -0.508 e. The van der Waals surface area contributed by atoms with Crippen LogP contribution in [0.2, 0.25) is 0 Å². The van der Waals surface area contributed by atoms with Crippen molar-refractivity contribution in [1.29, 1.82) is 0 Å². The highest BCUT2D eigenvalue weighted by atomic mass is 16.3. The summed E-state index contributed by atoms with van der Waals surface area (Å²) >= 11 is 0. The lowest BCUT2D eigenvalue weighted by molar-refractivity contribution is -0.118. The molecule has 0 fully saturated rings. The predicted octanol–water partition coefficient (Wildman–Crippen LogP) is 1.33. The first-order valence-corrected chi connectivity index (χ1v) is 4.56. The van der Waals surface area contributed by atoms with Gasteiger partial charge in [0, 0.05) is 6.54 Å². The number of nitrogens with two attached hydrogens (primary N) is 1. The first kappa shape index (κ1) is 10.7. The lowest BCUT2D eigenvalue weighted by Crippen LogP contribution is -2.19. The van der Waals surface area contributed by atoms with Crippen LogP contribution in [-0.4, -0.2) is 17.4 Å². The molecule has 0 aliphatic heterocycles. The zero-order chi connectivity index (χ0) is 10.7. The molecule has 76 valence electrons. The van der Waals surface area contributed by atoms with Gasteiger partial charge in [-0.25, -0.2) is 0 Å². The SMILES string of the molecule is CC(=O)C(CN)c1ccc(O)c(C)c1. The number of phenolic OH excluding ortho intramolecular Hbond substituents is 1. The Morgan fingerprint density at radius 1 is 1.57 bits per heavy atom. The number of hydrogen-bond donors (Lipinski definition) is 2. The van der Waals surface area contributed by atoms with Crippen LogP contribution in [-0.2, 0) is 4.79 Å². The lowest BCUT2D eigenvalue weighted by atomic mass is 9.94. The van der Waals surface area contributed by atoms with Crippen LogP contribution < -0.4 is 5.73 Å². The number of hydrogen-bond acceptors (Lipinski definition) is 3. The van der Waals surface area contributed by atoms with Crippen LogP contribution in [0.3, 0.4) is 0 Å². The van der Waals surface area contributed by atoms with E-state index < -0.39 is 0 Å². The number of carbonyl (C=O) groups is 1. The van der Waals surface area contributed by atoms with E-state index in [1.807, 2.05) is 0 Å². The van der Waals surface area contributed by atoms with Crippen molar-refractivity contribution in [3.63, 3.8) is 0 Å². The quantitative estimate of drug-likeness (QED) is 0.761. The summed E-state index contributed by atoms with van der Waals surface area (Å²) in [6.07, 6.45) is 0. The molecule has 0 aliphatic carbocycles. The van der Waals surface area contributed by atoms with E-state index in [0.717, 1.165) is 11.1 Å². The first-order chi connectivity index (χ1) is 6.56. The molecule has 1 atom stereocenters. The van der Waals surface area contributed by atoms with Crippen molar-refractivity contribution < 1.29 is 9.90 Å². The summed E-state index contributed by atoms with van der Waals surface area (Å²) in [4.78, 5) is 11.2. The highest BCUT2D eigenvalue weighted by molar-refractivity contribution is 5.83. The number of benzene rings is 1. The van der Waals surface area contributed by atoms with Gasteiger partial charge in [0.05, 0.1) is 5.92 Å². The molecule has 14 heavy (non-hydrogen) atoms. The van der Waals surface area contributed by atoms with Crippen molar-refractivity contribution in [2.24, 2.45) is 5.73 Å². The van der Waals surface area contributed by atoms with E-state index in [2.05, 4.69) is 0 Å². The van der Waals surface area contributed by atoms with Crippen LogP contribution in [0.25, 0.3) is 0 Å². The van der Waals surface area contributed by atoms with Crippen LogP contribution in [0.1, 0.15) is 24.0 Å². The number of aryl methyl sites for hydroxylation is 1. The van der Waals surface area contributed by atoms with Gasteiger partial charge in [0.1, 0.15) is 11.5 Å². The summed E-state index contributed by atoms with van der Waals surface area (Å²) in [6.45, 7) is 3.63. The van der Waals surface area contributed by atoms with Crippen LogP contribution in [0.5, 0.6) is 5.75 Å². The van der Waals surface area contributed by atoms with E-state index in [9.17, 15) is 9.90 Å². The highest BCUT2D eigenvalue weighted by Crippen LogP contribution is 2.22. The average molecular weight is 193 g/mol. The molecule has 0 radical (unpaired) electrons. The minimum atomic E-state index is -0.255. The third-order valence-electron chi connectivity index (χ3n) is 2.35. The summed E-state index contributed by atoms with van der Waals surface area (Å²) in [5.74, 6) is 0.0416. The zero-order valence-electron chi connectivity index (χ0n) is 8.45. The maximum Gasteiger partial charge on any atom is 0.138 e. The second-order valence-corrected chi connectivity index (χ2v) is 3.44. The van der Waals surface area contributed by atoms with Crippen LogP contribution in [0.4, 0.5) is 0 Å². The Bertz CT molecular complexity index is 347. The molecule has 1 aromatic rings. The van der Waals surface area contributed by atoms with Gasteiger partial charge in [-0.2, -0.15) is 0 Å². The highest BCUT2D eigenvalue weighted by Gasteiger charge is 2.15. The maximum atomic E-state index is 11.2. The molecule has 0 aromatic heterocycles. The Morgan fingerprint density at radius 2 is 2.21 bits per heavy atom. The summed E-state index contributed by atoms with van der Waals surface area (Å²) in [6, 6.07) is 5.13. The van der Waals surface area contributed by atoms with Gasteiger partial charge in [-0.05, 0) is 31.0 Å². The molecular weight excluding hydrogens is 178 g/mol. The normalized spacial score (nSPS) is 12.5. The number of phenols is 1. The second-order valence-electron chi connectivity index (χ2n) is 3.44. The molecule has 0 aliphatic rings. The molecule has 3 heteroatoms. The number of rotatable bonds is 3. The van der Waals surface area contributed by atoms with Crippen molar-refractivity contribution >= 4 is 5.78 Å². The average Bonchev–Trinajstić information content (AvgIpc) is 2.11. The maximum absolute atomic E-state index is 11.2. The predicted molar refractivity (Wildman–Crippen MR) is 55.3 cm³/mol. The minimum absolute atomic E-state index is 0.0533. The van der Waals surface area contributed by atoms with Gasteiger partial charge in [-0.15, -0.1) is 0 Å². The van der Waals surface area contributed by atoms with Gasteiger partial charge in [0.15, 0.2) is 0 Å². The van der Waals surface area contributed by atoms with E-state index in [4.69, 9.17) is 5.73 Å². The zero-order valence-corrected chi connectivity index (χ0v) is 8.45. The Hall–Kier alpha value is -1.35. The van der Waals surface area contributed by atoms with Gasteiger partial charge >= 0.3 is 0 Å². The number of carbonyl (C=O) groups excluding carboxylic acids is 1. The van der Waals surface area contributed by atoms with Crippen LogP contribution in [0.15, 0.2) is 18.2 Å². The number of Topliss-reactive ketones (excluding diaryl/α,β-unsaturated/α-hetero) is 1. The molecule has 0 spiro atoms. The van der Waals surface area contributed by atoms with Crippen molar-refractivity contribution in [2.45, 2.75) is 19.8 Å². The van der Waals surface area contributed by atoms with Crippen LogP contribution in [0, 0.1) is 6.92 Å². The Balaban J connectivity index is 3.06. The van der Waals surface area contributed by atoms with Gasteiger partial charge in [0.2, 0.25) is 0 Å². The molecule has 3 N–H and O–H groups in total. The smallest absolute Gasteiger partial charge is 0.138 e. The van der Waals surface area contributed by atoms with Gasteiger partial charge in [-0.1, -0.05) is 12.1 Å². The second kappa shape index (κ2) is 4.24. The molecule has 1 unspecified atom stereocenters. The summed E-state index contributed by atoms with van der Waals surface area (Å²) in [5.41, 5.74) is 7.15. The van der Waals surface area contributed by atoms with E-state index in [-0.39, 0.29) is 17.5 Å². The third kappa shape index (κ3) is 2.12. The Kier molecular flexibility index (Phi) is 3.25. The van der Waals surface area contributed by atoms with Gasteiger partial charge in [0.25, 0.3) is 0 Å². The van der Waals surface area contributed by atoms with Crippen molar-refractivity contribution in [2.75, 3.05) is 6.54 Å². The van der Waals surface area contributed by atoms with Crippen molar-refractivity contribution in [1.82, 2.24) is 0 Å². The standard InChI is InChI=1S/C11H15NO2/c1-7-5-9(3-4-11(7)14)10(6-12)8(2)13/h3-5,10,14H,6,12H2,1-2H3. The lowest BCUT2D eigenvalue weighted by Gasteiger charge is -2.12. The molecule has 0 amide bonds. The van der Waals surface area contributed by atoms with Gasteiger partial charge < -0.3 is 10.8 Å². The molecule has 0 saturated heterocycles. The molecule has 0 bridgehead atoms. The van der Waals surface area contributed by atoms with E-state index in [1.54, 1.807) is 25.1 Å². The third-order valence-corrected chi connectivity index (χ3v) is 2.35. The summed E-state index contributed by atoms with van der Waals surface area (Å²) < 4.78 is 0. The molecular formula is C11H15NO2. The Morgan fingerprint density at radius 3 is 2.64 bits per heavy atom. The fourth-order valence-corrected chi connectivity index (χ4v) is 1.43. The van der Waals surface area contributed by atoms with Crippen molar-refractivity contribution in [3.05, 3.63) is 29.3 Å². The molecule has 1 aromatic carbocycles. The summed E-state index contributed by atoms with van der Waals surface area (Å²) in [5, 5.41) is 9.32. The molecule has 0 saturated carbocycles. The van der Waals surface area contributed by atoms with Crippen molar-refractivity contribution in [3.8, 4) is 5.75 Å². The van der Waals surface area contributed by atoms with Crippen LogP contribution >= 0.6 is 0 Å². The fourth-order valence-electron chi connectivity index (χ4n) is 1.43. The first-order valence-electron chi connectivity index (χ1n) is 4.56. The monoisotopic (exact) mass is 193 g/mol.